The largest absolute Gasteiger partial charge is 0.396 e. The average molecular weight is 332 g/mol. The van der Waals surface area contributed by atoms with Crippen LogP contribution in [0.4, 0.5) is 5.69 Å². The third-order valence-electron chi connectivity index (χ3n) is 4.63. The first-order chi connectivity index (χ1) is 11.6. The molecule has 0 aliphatic heterocycles. The van der Waals surface area contributed by atoms with Gasteiger partial charge in [-0.15, -0.1) is 0 Å². The van der Waals surface area contributed by atoms with E-state index in [9.17, 15) is 5.11 Å². The number of aliphatic hydroxyl groups is 1. The predicted molar refractivity (Wildman–Crippen MR) is 102 cm³/mol. The van der Waals surface area contributed by atoms with Crippen LogP contribution < -0.4 is 15.5 Å². The van der Waals surface area contributed by atoms with E-state index in [0.29, 0.717) is 6.54 Å². The quantitative estimate of drug-likeness (QED) is 0.479. The number of guanidine groups is 1. The zero-order valence-corrected chi connectivity index (χ0v) is 15.3. The third-order valence-corrected chi connectivity index (χ3v) is 4.63. The van der Waals surface area contributed by atoms with E-state index in [1.54, 1.807) is 0 Å². The lowest BCUT2D eigenvalue weighted by Gasteiger charge is -2.24. The van der Waals surface area contributed by atoms with Crippen molar-refractivity contribution in [2.24, 2.45) is 10.4 Å². The first kappa shape index (κ1) is 18.6. The van der Waals surface area contributed by atoms with Crippen molar-refractivity contribution in [1.29, 1.82) is 0 Å². The van der Waals surface area contributed by atoms with Crippen molar-refractivity contribution >= 4 is 11.6 Å². The third kappa shape index (κ3) is 5.41. The lowest BCUT2D eigenvalue weighted by atomic mass is 10.1. The second kappa shape index (κ2) is 8.92. The summed E-state index contributed by atoms with van der Waals surface area (Å²) in [4.78, 5) is 7.00. The number of aliphatic imine (C=N–C) groups is 1. The van der Waals surface area contributed by atoms with Gasteiger partial charge in [0.25, 0.3) is 0 Å². The second-order valence-electron chi connectivity index (χ2n) is 6.70. The zero-order chi connectivity index (χ0) is 17.4. The number of likely N-dealkylation sites (N-methyl/N-ethyl adjacent to an activating group) is 1. The molecule has 0 heterocycles. The number of aliphatic hydroxyl groups excluding tert-OH is 1. The highest BCUT2D eigenvalue weighted by atomic mass is 16.3. The Morgan fingerprint density at radius 1 is 1.29 bits per heavy atom. The van der Waals surface area contributed by atoms with Gasteiger partial charge in [0, 0.05) is 37.3 Å². The van der Waals surface area contributed by atoms with Gasteiger partial charge in [-0.3, -0.25) is 4.99 Å². The molecule has 3 N–H and O–H groups in total. The summed E-state index contributed by atoms with van der Waals surface area (Å²) in [5.41, 5.74) is 2.60. The lowest BCUT2D eigenvalue weighted by molar-refractivity contribution is 0.217. The zero-order valence-electron chi connectivity index (χ0n) is 15.3. The molecule has 134 valence electrons. The maximum atomic E-state index is 9.41. The summed E-state index contributed by atoms with van der Waals surface area (Å²) in [6.45, 7) is 10.9. The Bertz CT molecular complexity index is 540. The Labute approximate surface area is 146 Å². The van der Waals surface area contributed by atoms with Gasteiger partial charge in [-0.1, -0.05) is 12.1 Å². The molecule has 5 nitrogen and oxygen atoms in total. The Morgan fingerprint density at radius 3 is 2.67 bits per heavy atom. The van der Waals surface area contributed by atoms with Crippen LogP contribution in [0.3, 0.4) is 0 Å². The van der Waals surface area contributed by atoms with Crippen molar-refractivity contribution in [2.45, 2.75) is 33.6 Å². The van der Waals surface area contributed by atoms with Crippen LogP contribution in [0.5, 0.6) is 0 Å². The molecular formula is C19H32N4O. The summed E-state index contributed by atoms with van der Waals surface area (Å²) in [7, 11) is 0. The van der Waals surface area contributed by atoms with E-state index in [2.05, 4.69) is 65.6 Å². The molecule has 24 heavy (non-hydrogen) atoms. The Hall–Kier alpha value is -1.75. The number of hydrogen-bond donors (Lipinski definition) is 3. The van der Waals surface area contributed by atoms with Crippen LogP contribution >= 0.6 is 0 Å². The molecule has 1 saturated carbocycles. The Balaban J connectivity index is 1.85. The Morgan fingerprint density at radius 2 is 2.08 bits per heavy atom. The highest BCUT2D eigenvalue weighted by molar-refractivity contribution is 5.79. The molecule has 2 rings (SSSR count). The first-order valence-electron chi connectivity index (χ1n) is 9.07. The lowest BCUT2D eigenvalue weighted by Crippen LogP contribution is -2.42. The maximum absolute atomic E-state index is 9.41. The maximum Gasteiger partial charge on any atom is 0.191 e. The van der Waals surface area contributed by atoms with Crippen molar-refractivity contribution in [3.8, 4) is 0 Å². The molecule has 1 aromatic carbocycles. The number of benzene rings is 1. The summed E-state index contributed by atoms with van der Waals surface area (Å²) in [6, 6.07) is 8.62. The van der Waals surface area contributed by atoms with Gasteiger partial charge in [0.1, 0.15) is 0 Å². The van der Waals surface area contributed by atoms with E-state index >= 15 is 0 Å². The summed E-state index contributed by atoms with van der Waals surface area (Å²) >= 11 is 0. The number of rotatable bonds is 9. The van der Waals surface area contributed by atoms with Crippen LogP contribution in [0.25, 0.3) is 0 Å². The molecule has 0 bridgehead atoms. The van der Waals surface area contributed by atoms with Gasteiger partial charge in [-0.05, 0) is 51.3 Å². The van der Waals surface area contributed by atoms with Gasteiger partial charge in [0.2, 0.25) is 0 Å². The molecule has 0 unspecified atom stereocenters. The fourth-order valence-corrected chi connectivity index (χ4v) is 2.74. The van der Waals surface area contributed by atoms with Crippen molar-refractivity contribution in [3.63, 3.8) is 0 Å². The van der Waals surface area contributed by atoms with Gasteiger partial charge in [0.15, 0.2) is 5.96 Å². The molecule has 0 amide bonds. The van der Waals surface area contributed by atoms with Crippen molar-refractivity contribution in [1.82, 2.24) is 10.6 Å². The predicted octanol–water partition coefficient (Wildman–Crippen LogP) is 2.15. The molecule has 0 saturated heterocycles. The van der Waals surface area contributed by atoms with Crippen LogP contribution in [-0.2, 0) is 0 Å². The minimum absolute atomic E-state index is 0.0549. The van der Waals surface area contributed by atoms with E-state index in [4.69, 9.17) is 0 Å². The standard InChI is InChI=1S/C19H32N4O/c1-4-20-18(22-14-19(15-24)9-10-19)21-11-12-23(5-2)17-8-6-7-16(3)13-17/h6-8,13,24H,4-5,9-12,14-15H2,1-3H3,(H2,20,21,22). The van der Waals surface area contributed by atoms with Crippen LogP contribution in [0.2, 0.25) is 0 Å². The molecule has 0 atom stereocenters. The summed E-state index contributed by atoms with van der Waals surface area (Å²) in [5, 5.41) is 16.1. The van der Waals surface area contributed by atoms with Crippen LogP contribution in [0.15, 0.2) is 29.3 Å². The fraction of sp³-hybridized carbons (Fsp3) is 0.632. The molecule has 0 radical (unpaired) electrons. The fourth-order valence-electron chi connectivity index (χ4n) is 2.74. The van der Waals surface area contributed by atoms with E-state index in [1.165, 1.54) is 11.3 Å². The van der Waals surface area contributed by atoms with Gasteiger partial charge in [-0.2, -0.15) is 0 Å². The summed E-state index contributed by atoms with van der Waals surface area (Å²) in [6.07, 6.45) is 2.17. The van der Waals surface area contributed by atoms with Crippen LogP contribution in [0.1, 0.15) is 32.3 Å². The van der Waals surface area contributed by atoms with Gasteiger partial charge >= 0.3 is 0 Å². The van der Waals surface area contributed by atoms with Crippen LogP contribution in [-0.4, -0.2) is 50.4 Å². The molecule has 1 fully saturated rings. The van der Waals surface area contributed by atoms with Crippen molar-refractivity contribution in [3.05, 3.63) is 29.8 Å². The second-order valence-corrected chi connectivity index (χ2v) is 6.70. The van der Waals surface area contributed by atoms with Gasteiger partial charge in [-0.25, -0.2) is 0 Å². The molecule has 0 aromatic heterocycles. The number of nitrogens with one attached hydrogen (secondary N) is 2. The van der Waals surface area contributed by atoms with Crippen molar-refractivity contribution < 1.29 is 5.11 Å². The molecule has 1 aliphatic rings. The van der Waals surface area contributed by atoms with E-state index in [1.807, 2.05) is 0 Å². The number of nitrogens with zero attached hydrogens (tertiary/aromatic N) is 2. The average Bonchev–Trinajstić information content (AvgIpc) is 3.37. The normalized spacial score (nSPS) is 15.9. The highest BCUT2D eigenvalue weighted by Gasteiger charge is 2.41. The number of hydrogen-bond acceptors (Lipinski definition) is 3. The minimum Gasteiger partial charge on any atom is -0.396 e. The molecule has 1 aliphatic carbocycles. The highest BCUT2D eigenvalue weighted by Crippen LogP contribution is 2.45. The summed E-state index contributed by atoms with van der Waals surface area (Å²) < 4.78 is 0. The molecule has 1 aromatic rings. The van der Waals surface area contributed by atoms with E-state index in [0.717, 1.165) is 45.0 Å². The number of anilines is 1. The number of aryl methyl sites for hydroxylation is 1. The Kier molecular flexibility index (Phi) is 6.91. The molecule has 0 spiro atoms. The monoisotopic (exact) mass is 332 g/mol. The smallest absolute Gasteiger partial charge is 0.191 e. The van der Waals surface area contributed by atoms with E-state index < -0.39 is 0 Å². The SMILES string of the molecule is CCNC(=NCC1(CO)CC1)NCCN(CC)c1cccc(C)c1. The molecular weight excluding hydrogens is 300 g/mol. The van der Waals surface area contributed by atoms with E-state index in [-0.39, 0.29) is 12.0 Å². The van der Waals surface area contributed by atoms with Gasteiger partial charge in [0.05, 0.1) is 13.2 Å². The van der Waals surface area contributed by atoms with Crippen LogP contribution in [0, 0.1) is 12.3 Å². The topological polar surface area (TPSA) is 59.9 Å². The first-order valence-corrected chi connectivity index (χ1v) is 9.07. The molecule has 5 heteroatoms. The minimum atomic E-state index is 0.0549. The van der Waals surface area contributed by atoms with Gasteiger partial charge < -0.3 is 20.6 Å². The summed E-state index contributed by atoms with van der Waals surface area (Å²) in [5.74, 6) is 0.845. The van der Waals surface area contributed by atoms with Crippen molar-refractivity contribution in [2.75, 3.05) is 44.2 Å².